The average molecular weight is 344 g/mol. The van der Waals surface area contributed by atoms with E-state index in [9.17, 15) is 4.79 Å². The number of nitrogens with zero attached hydrogens (tertiary/aromatic N) is 2. The number of esters is 1. The normalized spacial score (nSPS) is 10.0. The molecule has 0 atom stereocenters. The fourth-order valence-electron chi connectivity index (χ4n) is 2.38. The summed E-state index contributed by atoms with van der Waals surface area (Å²) in [5, 5.41) is 8.85. The molecule has 0 N–H and O–H groups in total. The number of carbonyl (C=O) groups excluding carboxylic acids is 1. The lowest BCUT2D eigenvalue weighted by Gasteiger charge is -2.07. The SMILES string of the molecule is CCOc1cc(C(=O)Oc2ccc(-c3ccc(C#N)cc3)cc2)ccn1. The van der Waals surface area contributed by atoms with Gasteiger partial charge in [0.25, 0.3) is 0 Å². The van der Waals surface area contributed by atoms with Gasteiger partial charge in [-0.2, -0.15) is 5.26 Å². The van der Waals surface area contributed by atoms with Crippen LogP contribution in [0.5, 0.6) is 11.6 Å². The van der Waals surface area contributed by atoms with Crippen LogP contribution in [0.4, 0.5) is 0 Å². The third-order valence-electron chi connectivity index (χ3n) is 3.67. The number of nitriles is 1. The van der Waals surface area contributed by atoms with Gasteiger partial charge in [-0.25, -0.2) is 9.78 Å². The van der Waals surface area contributed by atoms with Crippen molar-refractivity contribution < 1.29 is 14.3 Å². The van der Waals surface area contributed by atoms with Gasteiger partial charge in [0.05, 0.1) is 23.8 Å². The molecule has 0 spiro atoms. The molecule has 1 aromatic heterocycles. The van der Waals surface area contributed by atoms with Crippen LogP contribution in [0.3, 0.4) is 0 Å². The molecule has 0 radical (unpaired) electrons. The van der Waals surface area contributed by atoms with Crippen molar-refractivity contribution in [3.8, 4) is 28.8 Å². The van der Waals surface area contributed by atoms with Crippen molar-refractivity contribution >= 4 is 5.97 Å². The number of pyridine rings is 1. The lowest BCUT2D eigenvalue weighted by atomic mass is 10.0. The molecule has 0 fully saturated rings. The molecular formula is C21H16N2O3. The molecule has 0 saturated carbocycles. The summed E-state index contributed by atoms with van der Waals surface area (Å²) in [5.41, 5.74) is 2.94. The zero-order valence-corrected chi connectivity index (χ0v) is 14.2. The van der Waals surface area contributed by atoms with Crippen LogP contribution in [0, 0.1) is 11.3 Å². The molecular weight excluding hydrogens is 328 g/mol. The molecule has 5 heteroatoms. The Kier molecular flexibility index (Phi) is 5.25. The van der Waals surface area contributed by atoms with E-state index in [-0.39, 0.29) is 0 Å². The van der Waals surface area contributed by atoms with E-state index in [0.29, 0.717) is 29.4 Å². The number of carbonyl (C=O) groups is 1. The molecule has 0 aliphatic carbocycles. The predicted molar refractivity (Wildman–Crippen MR) is 97.0 cm³/mol. The van der Waals surface area contributed by atoms with Crippen molar-refractivity contribution in [2.45, 2.75) is 6.92 Å². The van der Waals surface area contributed by atoms with Crippen molar-refractivity contribution in [2.24, 2.45) is 0 Å². The fraction of sp³-hybridized carbons (Fsp3) is 0.0952. The molecule has 0 amide bonds. The Morgan fingerprint density at radius 2 is 1.69 bits per heavy atom. The van der Waals surface area contributed by atoms with Gasteiger partial charge in [-0.15, -0.1) is 0 Å². The largest absolute Gasteiger partial charge is 0.478 e. The second kappa shape index (κ2) is 7.95. The smallest absolute Gasteiger partial charge is 0.343 e. The molecule has 0 aliphatic rings. The topological polar surface area (TPSA) is 72.2 Å². The van der Waals surface area contributed by atoms with Crippen molar-refractivity contribution in [2.75, 3.05) is 6.61 Å². The van der Waals surface area contributed by atoms with Crippen LogP contribution in [-0.4, -0.2) is 17.6 Å². The molecule has 0 bridgehead atoms. The summed E-state index contributed by atoms with van der Waals surface area (Å²) in [6, 6.07) is 19.7. The molecule has 2 aromatic carbocycles. The first-order valence-electron chi connectivity index (χ1n) is 8.11. The highest BCUT2D eigenvalue weighted by Crippen LogP contribution is 2.23. The van der Waals surface area contributed by atoms with Gasteiger partial charge in [-0.3, -0.25) is 0 Å². The first-order chi connectivity index (χ1) is 12.7. The van der Waals surface area contributed by atoms with Gasteiger partial charge in [0.15, 0.2) is 0 Å². The second-order valence-corrected chi connectivity index (χ2v) is 5.42. The minimum Gasteiger partial charge on any atom is -0.478 e. The lowest BCUT2D eigenvalue weighted by molar-refractivity contribution is 0.0734. The number of rotatable bonds is 5. The molecule has 3 aromatic rings. The average Bonchev–Trinajstić information content (AvgIpc) is 2.69. The summed E-state index contributed by atoms with van der Waals surface area (Å²) in [5.74, 6) is 0.361. The van der Waals surface area contributed by atoms with Crippen molar-refractivity contribution in [3.63, 3.8) is 0 Å². The lowest BCUT2D eigenvalue weighted by Crippen LogP contribution is -2.09. The molecule has 26 heavy (non-hydrogen) atoms. The quantitative estimate of drug-likeness (QED) is 0.511. The predicted octanol–water partition coefficient (Wildman–Crippen LogP) is 4.24. The van der Waals surface area contributed by atoms with Crippen molar-refractivity contribution in [3.05, 3.63) is 78.0 Å². The third-order valence-corrected chi connectivity index (χ3v) is 3.67. The Bertz CT molecular complexity index is 942. The summed E-state index contributed by atoms with van der Waals surface area (Å²) < 4.78 is 10.7. The first kappa shape index (κ1) is 17.2. The van der Waals surface area contributed by atoms with Crippen LogP contribution in [0.2, 0.25) is 0 Å². The fourth-order valence-corrected chi connectivity index (χ4v) is 2.38. The Morgan fingerprint density at radius 3 is 2.31 bits per heavy atom. The number of benzene rings is 2. The van der Waals surface area contributed by atoms with E-state index >= 15 is 0 Å². The molecule has 128 valence electrons. The number of ether oxygens (including phenoxy) is 2. The highest BCUT2D eigenvalue weighted by Gasteiger charge is 2.10. The maximum Gasteiger partial charge on any atom is 0.343 e. The van der Waals surface area contributed by atoms with Crippen LogP contribution < -0.4 is 9.47 Å². The van der Waals surface area contributed by atoms with Gasteiger partial charge in [0.1, 0.15) is 5.75 Å². The molecule has 1 heterocycles. The van der Waals surface area contributed by atoms with Gasteiger partial charge in [0, 0.05) is 12.3 Å². The van der Waals surface area contributed by atoms with E-state index in [1.165, 1.54) is 6.20 Å². The summed E-state index contributed by atoms with van der Waals surface area (Å²) in [6.45, 7) is 2.32. The third kappa shape index (κ3) is 4.05. The van der Waals surface area contributed by atoms with Gasteiger partial charge in [0.2, 0.25) is 5.88 Å². The molecule has 0 aliphatic heterocycles. The Balaban J connectivity index is 1.71. The van der Waals surface area contributed by atoms with E-state index in [1.54, 1.807) is 36.4 Å². The maximum atomic E-state index is 12.3. The second-order valence-electron chi connectivity index (χ2n) is 5.42. The van der Waals surface area contributed by atoms with Crippen molar-refractivity contribution in [1.29, 1.82) is 5.26 Å². The minimum absolute atomic E-state index is 0.375. The van der Waals surface area contributed by atoms with Gasteiger partial charge in [-0.1, -0.05) is 24.3 Å². The monoisotopic (exact) mass is 344 g/mol. The molecule has 0 unspecified atom stereocenters. The number of aromatic nitrogens is 1. The van der Waals surface area contributed by atoms with Crippen LogP contribution in [0.25, 0.3) is 11.1 Å². The van der Waals surface area contributed by atoms with Gasteiger partial charge < -0.3 is 9.47 Å². The standard InChI is InChI=1S/C21H16N2O3/c1-2-25-20-13-18(11-12-23-20)21(24)26-19-9-7-17(8-10-19)16-5-3-15(14-22)4-6-16/h3-13H,2H2,1H3. The summed E-state index contributed by atoms with van der Waals surface area (Å²) in [7, 11) is 0. The van der Waals surface area contributed by atoms with E-state index in [4.69, 9.17) is 14.7 Å². The van der Waals surface area contributed by atoms with Gasteiger partial charge in [-0.05, 0) is 48.4 Å². The first-order valence-corrected chi connectivity index (χ1v) is 8.11. The van der Waals surface area contributed by atoms with Crippen LogP contribution in [0.15, 0.2) is 66.9 Å². The minimum atomic E-state index is -0.473. The Morgan fingerprint density at radius 1 is 1.04 bits per heavy atom. The molecule has 5 nitrogen and oxygen atoms in total. The highest BCUT2D eigenvalue weighted by atomic mass is 16.5. The molecule has 0 saturated heterocycles. The van der Waals surface area contributed by atoms with E-state index < -0.39 is 5.97 Å². The summed E-state index contributed by atoms with van der Waals surface area (Å²) in [4.78, 5) is 16.3. The van der Waals surface area contributed by atoms with E-state index in [2.05, 4.69) is 11.1 Å². The Labute approximate surface area is 151 Å². The van der Waals surface area contributed by atoms with E-state index in [0.717, 1.165) is 11.1 Å². The summed E-state index contributed by atoms with van der Waals surface area (Å²) in [6.07, 6.45) is 1.51. The number of hydrogen-bond donors (Lipinski definition) is 0. The number of hydrogen-bond acceptors (Lipinski definition) is 5. The van der Waals surface area contributed by atoms with Crippen LogP contribution in [0.1, 0.15) is 22.8 Å². The van der Waals surface area contributed by atoms with Crippen LogP contribution >= 0.6 is 0 Å². The maximum absolute atomic E-state index is 12.3. The summed E-state index contributed by atoms with van der Waals surface area (Å²) >= 11 is 0. The van der Waals surface area contributed by atoms with Gasteiger partial charge >= 0.3 is 5.97 Å². The molecule has 3 rings (SSSR count). The van der Waals surface area contributed by atoms with Crippen molar-refractivity contribution in [1.82, 2.24) is 4.98 Å². The zero-order valence-electron chi connectivity index (χ0n) is 14.2. The Hall–Kier alpha value is -3.65. The zero-order chi connectivity index (χ0) is 18.4. The van der Waals surface area contributed by atoms with E-state index in [1.807, 2.05) is 31.2 Å². The van der Waals surface area contributed by atoms with Crippen LogP contribution in [-0.2, 0) is 0 Å². The highest BCUT2D eigenvalue weighted by molar-refractivity contribution is 5.91.